The molecule has 0 aliphatic heterocycles. The maximum absolute atomic E-state index is 10.6. The summed E-state index contributed by atoms with van der Waals surface area (Å²) in [4.78, 5) is 20.7. The summed E-state index contributed by atoms with van der Waals surface area (Å²) in [5.41, 5.74) is 8.23. The van der Waals surface area contributed by atoms with Crippen LogP contribution in [-0.2, 0) is 0 Å². The highest BCUT2D eigenvalue weighted by Crippen LogP contribution is 2.24. The normalized spacial score (nSPS) is 9.29. The van der Waals surface area contributed by atoms with Crippen LogP contribution in [0.15, 0.2) is 10.3 Å². The number of carbonyl (C=O) groups is 1. The molecule has 0 spiro atoms. The van der Waals surface area contributed by atoms with Crippen LogP contribution in [0.1, 0.15) is 10.4 Å². The number of aromatic nitrogens is 2. The fourth-order valence-electron chi connectivity index (χ4n) is 0.723. The summed E-state index contributed by atoms with van der Waals surface area (Å²) in [6, 6.07) is 0. The zero-order valence-electron chi connectivity index (χ0n) is 7.01. The summed E-state index contributed by atoms with van der Waals surface area (Å²) < 4.78 is 0. The minimum Gasteiger partial charge on any atom is -0.298 e. The largest absolute Gasteiger partial charge is 0.298 e. The molecule has 72 valence electrons. The van der Waals surface area contributed by atoms with Crippen LogP contribution in [0.4, 0.5) is 5.82 Å². The SMILES string of the molecule is CSc1nc(Cl)c(C=O)c(N=[N+]=[N-])n1. The molecule has 1 heterocycles. The smallest absolute Gasteiger partial charge is 0.189 e. The van der Waals surface area contributed by atoms with E-state index < -0.39 is 0 Å². The number of nitrogens with zero attached hydrogens (tertiary/aromatic N) is 5. The van der Waals surface area contributed by atoms with Crippen molar-refractivity contribution in [3.63, 3.8) is 0 Å². The molecule has 1 aromatic heterocycles. The number of hydrogen-bond donors (Lipinski definition) is 0. The third-order valence-electron chi connectivity index (χ3n) is 1.30. The van der Waals surface area contributed by atoms with Gasteiger partial charge in [0.15, 0.2) is 11.4 Å². The number of carbonyl (C=O) groups excluding carboxylic acids is 1. The van der Waals surface area contributed by atoms with Crippen molar-refractivity contribution in [2.24, 2.45) is 5.11 Å². The predicted molar refractivity (Wildman–Crippen MR) is 53.0 cm³/mol. The van der Waals surface area contributed by atoms with Crippen molar-refractivity contribution in [3.05, 3.63) is 21.2 Å². The van der Waals surface area contributed by atoms with Crippen LogP contribution in [0.5, 0.6) is 0 Å². The first-order chi connectivity index (χ1) is 6.72. The monoisotopic (exact) mass is 229 g/mol. The number of hydrogen-bond acceptors (Lipinski definition) is 5. The summed E-state index contributed by atoms with van der Waals surface area (Å²) >= 11 is 6.91. The molecule has 0 amide bonds. The van der Waals surface area contributed by atoms with Gasteiger partial charge in [-0.25, -0.2) is 9.97 Å². The van der Waals surface area contributed by atoms with E-state index in [2.05, 4.69) is 20.0 Å². The lowest BCUT2D eigenvalue weighted by molar-refractivity contribution is 0.112. The van der Waals surface area contributed by atoms with Gasteiger partial charge in [-0.05, 0) is 16.9 Å². The van der Waals surface area contributed by atoms with E-state index in [4.69, 9.17) is 17.1 Å². The molecule has 0 bridgehead atoms. The molecule has 0 aromatic carbocycles. The maximum atomic E-state index is 10.6. The average molecular weight is 230 g/mol. The molecular formula is C6H4ClN5OS. The lowest BCUT2D eigenvalue weighted by Gasteiger charge is -2.01. The fraction of sp³-hybridized carbons (Fsp3) is 0.167. The van der Waals surface area contributed by atoms with E-state index in [1.807, 2.05) is 0 Å². The second kappa shape index (κ2) is 4.80. The molecule has 0 unspecified atom stereocenters. The first kappa shape index (κ1) is 10.8. The Morgan fingerprint density at radius 3 is 2.86 bits per heavy atom. The van der Waals surface area contributed by atoms with Gasteiger partial charge >= 0.3 is 0 Å². The van der Waals surface area contributed by atoms with Gasteiger partial charge in [0.1, 0.15) is 11.0 Å². The Hall–Kier alpha value is -1.30. The first-order valence-corrected chi connectivity index (χ1v) is 4.95. The van der Waals surface area contributed by atoms with E-state index >= 15 is 0 Å². The molecule has 0 radical (unpaired) electrons. The van der Waals surface area contributed by atoms with Gasteiger partial charge in [0.25, 0.3) is 0 Å². The van der Waals surface area contributed by atoms with Crippen molar-refractivity contribution in [2.45, 2.75) is 5.16 Å². The Bertz CT molecular complexity index is 417. The average Bonchev–Trinajstić information content (AvgIpc) is 2.18. The zero-order valence-corrected chi connectivity index (χ0v) is 8.58. The van der Waals surface area contributed by atoms with Gasteiger partial charge in [-0.15, -0.1) is 0 Å². The van der Waals surface area contributed by atoms with Crippen molar-refractivity contribution in [2.75, 3.05) is 6.26 Å². The number of thioether (sulfide) groups is 1. The molecule has 0 N–H and O–H groups in total. The Kier molecular flexibility index (Phi) is 3.70. The van der Waals surface area contributed by atoms with Crippen molar-refractivity contribution in [3.8, 4) is 0 Å². The van der Waals surface area contributed by atoms with E-state index in [9.17, 15) is 4.79 Å². The van der Waals surface area contributed by atoms with Gasteiger partial charge in [-0.3, -0.25) is 4.79 Å². The Labute approximate surface area is 88.3 Å². The standard InChI is InChI=1S/C6H4ClN5OS/c1-14-6-9-4(7)3(2-13)5(10-6)11-12-8/h2H,1H3. The van der Waals surface area contributed by atoms with Gasteiger partial charge < -0.3 is 0 Å². The predicted octanol–water partition coefficient (Wildman–Crippen LogP) is 2.61. The van der Waals surface area contributed by atoms with Crippen molar-refractivity contribution >= 4 is 35.5 Å². The topological polar surface area (TPSA) is 91.6 Å². The summed E-state index contributed by atoms with van der Waals surface area (Å²) in [6.45, 7) is 0. The van der Waals surface area contributed by atoms with Gasteiger partial charge in [0, 0.05) is 4.91 Å². The maximum Gasteiger partial charge on any atom is 0.189 e. The molecule has 0 saturated carbocycles. The van der Waals surface area contributed by atoms with E-state index in [-0.39, 0.29) is 16.5 Å². The molecule has 0 atom stereocenters. The minimum atomic E-state index is -0.0492. The molecule has 0 saturated heterocycles. The molecule has 1 aromatic rings. The highest BCUT2D eigenvalue weighted by atomic mass is 35.5. The Morgan fingerprint density at radius 2 is 2.36 bits per heavy atom. The molecule has 0 fully saturated rings. The summed E-state index contributed by atoms with van der Waals surface area (Å²) in [7, 11) is 0. The van der Waals surface area contributed by atoms with Crippen LogP contribution in [0.3, 0.4) is 0 Å². The first-order valence-electron chi connectivity index (χ1n) is 3.34. The van der Waals surface area contributed by atoms with Gasteiger partial charge in [0.05, 0.1) is 5.56 Å². The second-order valence-electron chi connectivity index (χ2n) is 2.05. The molecule has 0 aliphatic rings. The van der Waals surface area contributed by atoms with Crippen LogP contribution in [-0.4, -0.2) is 22.5 Å². The third-order valence-corrected chi connectivity index (χ3v) is 2.13. The highest BCUT2D eigenvalue weighted by Gasteiger charge is 2.10. The van der Waals surface area contributed by atoms with Gasteiger partial charge in [-0.2, -0.15) is 0 Å². The minimum absolute atomic E-state index is 0.00210. The van der Waals surface area contributed by atoms with Crippen molar-refractivity contribution in [1.29, 1.82) is 0 Å². The molecule has 14 heavy (non-hydrogen) atoms. The molecule has 8 heteroatoms. The van der Waals surface area contributed by atoms with Crippen molar-refractivity contribution in [1.82, 2.24) is 9.97 Å². The third kappa shape index (κ3) is 2.14. The lowest BCUT2D eigenvalue weighted by Crippen LogP contribution is -1.93. The van der Waals surface area contributed by atoms with Crippen LogP contribution >= 0.6 is 23.4 Å². The molecule has 1 rings (SSSR count). The van der Waals surface area contributed by atoms with Gasteiger partial charge in [0.2, 0.25) is 0 Å². The summed E-state index contributed by atoms with van der Waals surface area (Å²) in [5.74, 6) is -0.0492. The molecular weight excluding hydrogens is 226 g/mol. The van der Waals surface area contributed by atoms with Gasteiger partial charge in [-0.1, -0.05) is 23.4 Å². The Balaban J connectivity index is 3.42. The van der Waals surface area contributed by atoms with E-state index in [0.29, 0.717) is 11.4 Å². The van der Waals surface area contributed by atoms with Crippen molar-refractivity contribution < 1.29 is 4.79 Å². The lowest BCUT2D eigenvalue weighted by atomic mass is 10.3. The molecule has 6 nitrogen and oxygen atoms in total. The van der Waals surface area contributed by atoms with E-state index in [1.165, 1.54) is 11.8 Å². The fourth-order valence-corrected chi connectivity index (χ4v) is 1.34. The van der Waals surface area contributed by atoms with Crippen LogP contribution in [0.25, 0.3) is 10.4 Å². The zero-order chi connectivity index (χ0) is 10.6. The number of halogens is 1. The summed E-state index contributed by atoms with van der Waals surface area (Å²) in [5, 5.41) is 3.59. The quantitative estimate of drug-likeness (QED) is 0.151. The number of aldehydes is 1. The second-order valence-corrected chi connectivity index (χ2v) is 3.18. The van der Waals surface area contributed by atoms with E-state index in [1.54, 1.807) is 6.26 Å². The number of azide groups is 1. The summed E-state index contributed by atoms with van der Waals surface area (Å²) in [6.07, 6.45) is 2.20. The Morgan fingerprint density at radius 1 is 1.64 bits per heavy atom. The van der Waals surface area contributed by atoms with Crippen LogP contribution in [0.2, 0.25) is 5.15 Å². The van der Waals surface area contributed by atoms with E-state index in [0.717, 1.165) is 0 Å². The van der Waals surface area contributed by atoms with Crippen LogP contribution in [0, 0.1) is 0 Å². The molecule has 0 aliphatic carbocycles. The highest BCUT2D eigenvalue weighted by molar-refractivity contribution is 7.98. The van der Waals surface area contributed by atoms with Crippen LogP contribution < -0.4 is 0 Å². The number of rotatable bonds is 3.